The van der Waals surface area contributed by atoms with Crippen LogP contribution in [0.15, 0.2) is 95.7 Å². The fourth-order valence-electron chi connectivity index (χ4n) is 3.66. The fraction of sp³-hybridized carbons (Fsp3) is 0.100. The molecule has 0 N–H and O–H groups in total. The van der Waals surface area contributed by atoms with E-state index < -0.39 is 6.85 Å². The number of para-hydroxylation sites is 1. The van der Waals surface area contributed by atoms with Gasteiger partial charge in [-0.2, -0.15) is 18.1 Å². The first-order valence-electron chi connectivity index (χ1n) is 13.2. The summed E-state index contributed by atoms with van der Waals surface area (Å²) in [5.41, 5.74) is 5.11. The Kier molecular flexibility index (Phi) is 5.62. The van der Waals surface area contributed by atoms with E-state index in [1.807, 2.05) is 36.5 Å². The number of benzene rings is 2. The van der Waals surface area contributed by atoms with Crippen LogP contribution >= 0.6 is 0 Å². The summed E-state index contributed by atoms with van der Waals surface area (Å²) in [4.78, 5) is 8.51. The maximum Gasteiger partial charge on any atom is 0.120 e. The zero-order valence-corrected chi connectivity index (χ0v) is 20.8. The van der Waals surface area contributed by atoms with E-state index >= 15 is 0 Å². The number of hydrogen-bond acceptors (Lipinski definition) is 3. The number of furan rings is 1. The van der Waals surface area contributed by atoms with Gasteiger partial charge in [0.1, 0.15) is 5.58 Å². The van der Waals surface area contributed by atoms with Gasteiger partial charge in [0, 0.05) is 42.0 Å². The second-order valence-corrected chi connectivity index (χ2v) is 7.67. The largest absolute Gasteiger partial charge is 0.501 e. The number of allylic oxidation sites excluding steroid dienone is 4. The molecule has 1 aliphatic rings. The average Bonchev–Trinajstić information content (AvgIpc) is 3.30. The smallest absolute Gasteiger partial charge is 0.120 e. The maximum absolute atomic E-state index is 8.20. The molecule has 0 amide bonds. The molecule has 34 heavy (non-hydrogen) atoms. The normalized spacial score (nSPS) is 14.9. The van der Waals surface area contributed by atoms with E-state index in [0.717, 1.165) is 29.1 Å². The van der Waals surface area contributed by atoms with Crippen LogP contribution in [0, 0.1) is 26.3 Å². The summed E-state index contributed by atoms with van der Waals surface area (Å²) >= 11 is 0. The minimum absolute atomic E-state index is 0. The maximum atomic E-state index is 8.20. The molecule has 3 aromatic heterocycles. The van der Waals surface area contributed by atoms with E-state index in [-0.39, 0.29) is 43.4 Å². The Hall–Kier alpha value is -3.46. The minimum atomic E-state index is -2.48. The fourth-order valence-corrected chi connectivity index (χ4v) is 3.66. The Morgan fingerprint density at radius 3 is 2.65 bits per heavy atom. The van der Waals surface area contributed by atoms with Crippen molar-refractivity contribution >= 4 is 27.5 Å². The third-order valence-corrected chi connectivity index (χ3v) is 5.31. The van der Waals surface area contributed by atoms with Crippen LogP contribution in [0.25, 0.3) is 38.8 Å². The van der Waals surface area contributed by atoms with Crippen LogP contribution < -0.4 is 0 Å². The van der Waals surface area contributed by atoms with E-state index in [1.165, 1.54) is 11.1 Å². The second kappa shape index (κ2) is 10.6. The van der Waals surface area contributed by atoms with Crippen molar-refractivity contribution in [3.8, 4) is 11.3 Å². The molecule has 6 rings (SSSR count). The van der Waals surface area contributed by atoms with E-state index in [9.17, 15) is 0 Å². The zero-order valence-electron chi connectivity index (χ0n) is 23.4. The summed E-state index contributed by atoms with van der Waals surface area (Å²) in [6, 6.07) is 17.7. The SMILES string of the molecule is Cc1ccc(C2=CC=CC[CH-]2)nc1.[2H]c1c(C([2H])([2H])[2H])cnc(-c2[c-]ccc3c2oc2ccccc23)c1[2H].[Ir]. The standard InChI is InChI=1S/C18H12NO.C12H12N.Ir/c1-12-9-10-16(19-11-12)15-7-4-6-14-13-5-2-3-8-17(13)20-18(14)15;1-10-7-8-12(13-9-10)11-5-3-2-4-6-11;/h2-6,8-11H,1H3;2-3,5-9H,4H2,1H3;/q2*-1;/i1D3,9D,10D;;. The van der Waals surface area contributed by atoms with Crippen LogP contribution in [0.1, 0.15) is 30.1 Å². The van der Waals surface area contributed by atoms with Gasteiger partial charge in [0.2, 0.25) is 0 Å². The molecular formula is C30H24IrN2O-2. The second-order valence-electron chi connectivity index (χ2n) is 7.67. The summed E-state index contributed by atoms with van der Waals surface area (Å²) in [6.07, 6.45) is 12.6. The number of rotatable bonds is 2. The van der Waals surface area contributed by atoms with Gasteiger partial charge in [-0.3, -0.25) is 0 Å². The molecule has 0 saturated heterocycles. The quantitative estimate of drug-likeness (QED) is 0.189. The first-order valence-corrected chi connectivity index (χ1v) is 10.7. The molecule has 3 heterocycles. The Morgan fingerprint density at radius 1 is 1.00 bits per heavy atom. The van der Waals surface area contributed by atoms with Gasteiger partial charge in [0.05, 0.1) is 8.32 Å². The first-order chi connectivity index (χ1) is 18.2. The third kappa shape index (κ3) is 5.04. The molecule has 0 fully saturated rings. The van der Waals surface area contributed by atoms with Crippen molar-refractivity contribution in [1.82, 2.24) is 9.97 Å². The van der Waals surface area contributed by atoms with Gasteiger partial charge in [-0.25, -0.2) is 0 Å². The molecule has 5 aromatic rings. The summed E-state index contributed by atoms with van der Waals surface area (Å²) in [5, 5.41) is 1.79. The minimum Gasteiger partial charge on any atom is -0.501 e. The van der Waals surface area contributed by atoms with Gasteiger partial charge >= 0.3 is 0 Å². The molecule has 3 nitrogen and oxygen atoms in total. The topological polar surface area (TPSA) is 38.9 Å². The molecule has 2 aromatic carbocycles. The van der Waals surface area contributed by atoms with Crippen molar-refractivity contribution in [3.05, 3.63) is 121 Å². The predicted octanol–water partition coefficient (Wildman–Crippen LogP) is 7.69. The summed E-state index contributed by atoms with van der Waals surface area (Å²) in [5.74, 6) is 0. The van der Waals surface area contributed by atoms with Crippen LogP contribution in [0.5, 0.6) is 0 Å². The molecule has 1 aliphatic carbocycles. The Morgan fingerprint density at radius 2 is 1.85 bits per heavy atom. The summed E-state index contributed by atoms with van der Waals surface area (Å²) in [6.45, 7) is -0.427. The molecular weight excluding hydrogens is 597 g/mol. The Bertz CT molecular complexity index is 1690. The molecule has 0 atom stereocenters. The monoisotopic (exact) mass is 626 g/mol. The van der Waals surface area contributed by atoms with Crippen LogP contribution in [-0.2, 0) is 20.1 Å². The van der Waals surface area contributed by atoms with Gasteiger partial charge in [-0.1, -0.05) is 59.8 Å². The average molecular weight is 626 g/mol. The molecule has 0 saturated carbocycles. The van der Waals surface area contributed by atoms with Crippen molar-refractivity contribution in [2.45, 2.75) is 20.2 Å². The number of nitrogens with zero attached hydrogens (tertiary/aromatic N) is 2. The predicted molar refractivity (Wildman–Crippen MR) is 136 cm³/mol. The van der Waals surface area contributed by atoms with E-state index in [2.05, 4.69) is 59.7 Å². The number of pyridine rings is 2. The molecule has 0 spiro atoms. The van der Waals surface area contributed by atoms with Crippen molar-refractivity contribution in [2.24, 2.45) is 0 Å². The number of fused-ring (bicyclic) bond motifs is 3. The van der Waals surface area contributed by atoms with E-state index in [1.54, 1.807) is 6.07 Å². The molecule has 0 unspecified atom stereocenters. The van der Waals surface area contributed by atoms with Crippen molar-refractivity contribution < 1.29 is 31.4 Å². The summed E-state index contributed by atoms with van der Waals surface area (Å²) < 4.78 is 44.5. The van der Waals surface area contributed by atoms with Gasteiger partial charge in [0.25, 0.3) is 0 Å². The number of hydrogen-bond donors (Lipinski definition) is 0. The van der Waals surface area contributed by atoms with Gasteiger partial charge in [-0.15, -0.1) is 30.4 Å². The van der Waals surface area contributed by atoms with Crippen LogP contribution in [-0.4, -0.2) is 9.97 Å². The Balaban J connectivity index is 0.000000213. The molecule has 171 valence electrons. The van der Waals surface area contributed by atoms with Gasteiger partial charge in [-0.05, 0) is 42.4 Å². The van der Waals surface area contributed by atoms with Crippen LogP contribution in [0.2, 0.25) is 0 Å². The molecule has 0 aliphatic heterocycles. The van der Waals surface area contributed by atoms with Crippen molar-refractivity contribution in [3.63, 3.8) is 0 Å². The summed E-state index contributed by atoms with van der Waals surface area (Å²) in [7, 11) is 0. The van der Waals surface area contributed by atoms with E-state index in [4.69, 9.17) is 11.3 Å². The van der Waals surface area contributed by atoms with Crippen molar-refractivity contribution in [2.75, 3.05) is 0 Å². The van der Waals surface area contributed by atoms with Crippen LogP contribution in [0.4, 0.5) is 0 Å². The number of aryl methyl sites for hydroxylation is 2. The third-order valence-electron chi connectivity index (χ3n) is 5.31. The Labute approximate surface area is 220 Å². The zero-order chi connectivity index (χ0) is 26.9. The van der Waals surface area contributed by atoms with Crippen molar-refractivity contribution in [1.29, 1.82) is 0 Å². The molecule has 4 heteroatoms. The van der Waals surface area contributed by atoms with Gasteiger partial charge in [0.15, 0.2) is 0 Å². The van der Waals surface area contributed by atoms with Gasteiger partial charge < -0.3 is 14.4 Å². The molecule has 1 radical (unpaired) electrons. The number of aromatic nitrogens is 2. The molecule has 0 bridgehead atoms. The first kappa shape index (κ1) is 17.9. The van der Waals surface area contributed by atoms with E-state index in [0.29, 0.717) is 16.7 Å². The van der Waals surface area contributed by atoms with Crippen LogP contribution in [0.3, 0.4) is 0 Å².